The molecule has 3 aliphatic heterocycles. The van der Waals surface area contributed by atoms with Crippen LogP contribution in [0, 0.1) is 13.8 Å². The minimum Gasteiger partial charge on any atom is -0.486 e. The van der Waals surface area contributed by atoms with E-state index >= 15 is 0 Å². The lowest BCUT2D eigenvalue weighted by molar-refractivity contribution is -0.129. The number of hydrogen-bond acceptors (Lipinski definition) is 5. The summed E-state index contributed by atoms with van der Waals surface area (Å²) in [6, 6.07) is 9.63. The second kappa shape index (κ2) is 8.01. The number of amides is 1. The first-order chi connectivity index (χ1) is 15.4. The SMILES string of the molecule is Cc1cc(C)c2c(c1)OC1(CCN(C(=O)/C=C\c3ccc4c(c3)OCCO4)CC1)CC2=O. The lowest BCUT2D eigenvalue weighted by Gasteiger charge is -2.44. The Bertz CT molecular complexity index is 1110. The molecule has 0 atom stereocenters. The van der Waals surface area contributed by atoms with Crippen LogP contribution in [0.4, 0.5) is 0 Å². The van der Waals surface area contributed by atoms with Gasteiger partial charge in [0.05, 0.1) is 12.0 Å². The maximum absolute atomic E-state index is 12.9. The van der Waals surface area contributed by atoms with Crippen LogP contribution in [0.1, 0.15) is 46.3 Å². The summed E-state index contributed by atoms with van der Waals surface area (Å²) in [6.45, 7) is 6.19. The summed E-state index contributed by atoms with van der Waals surface area (Å²) < 4.78 is 17.5. The fourth-order valence-corrected chi connectivity index (χ4v) is 4.87. The number of fused-ring (bicyclic) bond motifs is 2. The maximum Gasteiger partial charge on any atom is 0.246 e. The number of piperidine rings is 1. The van der Waals surface area contributed by atoms with Gasteiger partial charge in [-0.2, -0.15) is 0 Å². The molecule has 3 aliphatic rings. The van der Waals surface area contributed by atoms with Crippen LogP contribution in [0.25, 0.3) is 6.08 Å². The third-order valence-corrected chi connectivity index (χ3v) is 6.50. The maximum atomic E-state index is 12.9. The van der Waals surface area contributed by atoms with Crippen LogP contribution in [0.3, 0.4) is 0 Å². The number of nitrogens with zero attached hydrogens (tertiary/aromatic N) is 1. The largest absolute Gasteiger partial charge is 0.486 e. The highest BCUT2D eigenvalue weighted by Gasteiger charge is 2.44. The normalized spacial score (nSPS) is 19.1. The number of hydrogen-bond donors (Lipinski definition) is 0. The Morgan fingerprint density at radius 2 is 1.75 bits per heavy atom. The molecule has 6 heteroatoms. The smallest absolute Gasteiger partial charge is 0.246 e. The summed E-state index contributed by atoms with van der Waals surface area (Å²) in [6.07, 6.45) is 5.06. The van der Waals surface area contributed by atoms with E-state index in [1.807, 2.05) is 49.1 Å². The first-order valence-electron chi connectivity index (χ1n) is 11.1. The number of ketones is 1. The van der Waals surface area contributed by atoms with Gasteiger partial charge in [0.2, 0.25) is 5.91 Å². The first-order valence-corrected chi connectivity index (χ1v) is 11.1. The van der Waals surface area contributed by atoms with E-state index in [1.54, 1.807) is 12.2 Å². The van der Waals surface area contributed by atoms with Gasteiger partial charge in [-0.15, -0.1) is 0 Å². The number of ether oxygens (including phenoxy) is 3. The van der Waals surface area contributed by atoms with Gasteiger partial charge >= 0.3 is 0 Å². The zero-order chi connectivity index (χ0) is 22.3. The molecule has 6 nitrogen and oxygen atoms in total. The second-order valence-corrected chi connectivity index (χ2v) is 8.90. The summed E-state index contributed by atoms with van der Waals surface area (Å²) in [5, 5.41) is 0. The number of benzene rings is 2. The monoisotopic (exact) mass is 433 g/mol. The molecule has 0 saturated carbocycles. The summed E-state index contributed by atoms with van der Waals surface area (Å²) >= 11 is 0. The molecule has 1 amide bonds. The van der Waals surface area contributed by atoms with Crippen LogP contribution in [-0.4, -0.2) is 48.5 Å². The van der Waals surface area contributed by atoms with E-state index in [0.29, 0.717) is 62.6 Å². The van der Waals surface area contributed by atoms with Crippen molar-refractivity contribution in [3.05, 3.63) is 58.7 Å². The molecule has 0 radical (unpaired) electrons. The molecule has 1 saturated heterocycles. The van der Waals surface area contributed by atoms with Gasteiger partial charge in [-0.1, -0.05) is 12.1 Å². The van der Waals surface area contributed by atoms with Crippen molar-refractivity contribution in [2.45, 2.75) is 38.7 Å². The van der Waals surface area contributed by atoms with Crippen LogP contribution in [0.2, 0.25) is 0 Å². The molecule has 32 heavy (non-hydrogen) atoms. The van der Waals surface area contributed by atoms with E-state index in [9.17, 15) is 9.59 Å². The highest BCUT2D eigenvalue weighted by atomic mass is 16.6. The number of aryl methyl sites for hydroxylation is 2. The minimum absolute atomic E-state index is 0.0380. The third kappa shape index (κ3) is 3.85. The lowest BCUT2D eigenvalue weighted by Crippen LogP contribution is -2.52. The van der Waals surface area contributed by atoms with E-state index in [4.69, 9.17) is 14.2 Å². The van der Waals surface area contributed by atoms with Crippen molar-refractivity contribution < 1.29 is 23.8 Å². The van der Waals surface area contributed by atoms with Crippen LogP contribution in [0.5, 0.6) is 17.2 Å². The predicted octanol–water partition coefficient (Wildman–Crippen LogP) is 4.11. The minimum atomic E-state index is -0.513. The summed E-state index contributed by atoms with van der Waals surface area (Å²) in [4.78, 5) is 27.5. The highest BCUT2D eigenvalue weighted by Crippen LogP contribution is 2.41. The van der Waals surface area contributed by atoms with Gasteiger partial charge < -0.3 is 19.1 Å². The zero-order valence-electron chi connectivity index (χ0n) is 18.5. The number of likely N-dealkylation sites (tertiary alicyclic amines) is 1. The van der Waals surface area contributed by atoms with Gasteiger partial charge in [0, 0.05) is 32.0 Å². The van der Waals surface area contributed by atoms with Gasteiger partial charge in [0.25, 0.3) is 0 Å². The quantitative estimate of drug-likeness (QED) is 0.667. The van der Waals surface area contributed by atoms with Gasteiger partial charge in [0.1, 0.15) is 24.6 Å². The molecular weight excluding hydrogens is 406 g/mol. The Balaban J connectivity index is 1.24. The highest BCUT2D eigenvalue weighted by molar-refractivity contribution is 6.02. The summed E-state index contributed by atoms with van der Waals surface area (Å²) in [7, 11) is 0. The number of Topliss-reactive ketones (excluding diaryl/α,β-unsaturated/α-hetero) is 1. The van der Waals surface area contributed by atoms with Gasteiger partial charge in [0.15, 0.2) is 17.3 Å². The molecule has 166 valence electrons. The Kier molecular flexibility index (Phi) is 5.16. The van der Waals surface area contributed by atoms with Crippen molar-refractivity contribution in [1.29, 1.82) is 0 Å². The van der Waals surface area contributed by atoms with E-state index in [-0.39, 0.29) is 11.7 Å². The van der Waals surface area contributed by atoms with E-state index in [0.717, 1.165) is 22.4 Å². The molecule has 5 rings (SSSR count). The van der Waals surface area contributed by atoms with Crippen molar-refractivity contribution in [3.63, 3.8) is 0 Å². The van der Waals surface area contributed by atoms with Crippen LogP contribution < -0.4 is 14.2 Å². The Morgan fingerprint density at radius 1 is 1.00 bits per heavy atom. The molecule has 0 aliphatic carbocycles. The Morgan fingerprint density at radius 3 is 2.53 bits per heavy atom. The van der Waals surface area contributed by atoms with E-state index in [1.165, 1.54) is 0 Å². The third-order valence-electron chi connectivity index (χ3n) is 6.50. The predicted molar refractivity (Wildman–Crippen MR) is 121 cm³/mol. The fraction of sp³-hybridized carbons (Fsp3) is 0.385. The number of rotatable bonds is 2. The van der Waals surface area contributed by atoms with Crippen LogP contribution in [-0.2, 0) is 4.79 Å². The molecular formula is C26H27NO5. The van der Waals surface area contributed by atoms with Gasteiger partial charge in [-0.25, -0.2) is 0 Å². The molecule has 1 fully saturated rings. The van der Waals surface area contributed by atoms with Crippen molar-refractivity contribution >= 4 is 17.8 Å². The topological polar surface area (TPSA) is 65.1 Å². The Hall–Kier alpha value is -3.28. The molecule has 1 spiro atoms. The summed E-state index contributed by atoms with van der Waals surface area (Å²) in [5.41, 5.74) is 3.14. The summed E-state index contributed by atoms with van der Waals surface area (Å²) in [5.74, 6) is 2.23. The van der Waals surface area contributed by atoms with Crippen molar-refractivity contribution in [2.75, 3.05) is 26.3 Å². The van der Waals surface area contributed by atoms with Crippen molar-refractivity contribution in [2.24, 2.45) is 0 Å². The number of carbonyl (C=O) groups excluding carboxylic acids is 2. The molecule has 0 N–H and O–H groups in total. The Labute approximate surface area is 187 Å². The molecule has 0 aromatic heterocycles. The average Bonchev–Trinajstić information content (AvgIpc) is 2.77. The fourth-order valence-electron chi connectivity index (χ4n) is 4.87. The standard InChI is InChI=1S/C26H27NO5/c1-17-13-18(2)25-20(28)16-26(32-23(25)14-17)7-9-27(10-8-26)24(29)6-4-19-3-5-21-22(15-19)31-12-11-30-21/h3-6,13-15H,7-12,16H2,1-2H3/b6-4-. The first kappa shape index (κ1) is 20.6. The van der Waals surface area contributed by atoms with E-state index < -0.39 is 5.60 Å². The lowest BCUT2D eigenvalue weighted by atomic mass is 9.81. The van der Waals surface area contributed by atoms with Crippen molar-refractivity contribution in [3.8, 4) is 17.2 Å². The van der Waals surface area contributed by atoms with Crippen molar-refractivity contribution in [1.82, 2.24) is 4.90 Å². The van der Waals surface area contributed by atoms with Gasteiger partial charge in [-0.3, -0.25) is 9.59 Å². The molecule has 2 aromatic rings. The molecule has 3 heterocycles. The average molecular weight is 434 g/mol. The van der Waals surface area contributed by atoms with Gasteiger partial charge in [-0.05, 0) is 54.8 Å². The molecule has 0 bridgehead atoms. The number of carbonyl (C=O) groups is 2. The molecule has 0 unspecified atom stereocenters. The molecule has 2 aromatic carbocycles. The van der Waals surface area contributed by atoms with Crippen LogP contribution >= 0.6 is 0 Å². The zero-order valence-corrected chi connectivity index (χ0v) is 18.5. The van der Waals surface area contributed by atoms with E-state index in [2.05, 4.69) is 0 Å². The second-order valence-electron chi connectivity index (χ2n) is 8.90. The van der Waals surface area contributed by atoms with Crippen LogP contribution in [0.15, 0.2) is 36.4 Å².